The Labute approximate surface area is 184 Å². The summed E-state index contributed by atoms with van der Waals surface area (Å²) in [6.07, 6.45) is 0.433. The first-order valence-corrected chi connectivity index (χ1v) is 10.9. The lowest BCUT2D eigenvalue weighted by molar-refractivity contribution is -0.140. The summed E-state index contributed by atoms with van der Waals surface area (Å²) in [5.74, 6) is 0.0929. The molecule has 0 saturated carbocycles. The lowest BCUT2D eigenvalue weighted by Crippen LogP contribution is -2.54. The van der Waals surface area contributed by atoms with Crippen molar-refractivity contribution in [1.29, 1.82) is 0 Å². The van der Waals surface area contributed by atoms with Crippen LogP contribution in [0.25, 0.3) is 0 Å². The second kappa shape index (κ2) is 9.96. The van der Waals surface area contributed by atoms with Crippen LogP contribution in [-0.2, 0) is 16.1 Å². The number of hydrogen-bond donors (Lipinski definition) is 2. The van der Waals surface area contributed by atoms with Crippen LogP contribution in [0, 0.1) is 5.92 Å². The van der Waals surface area contributed by atoms with E-state index in [1.165, 1.54) is 5.56 Å². The normalized spacial score (nSPS) is 17.3. The number of carboxylic acids is 1. The summed E-state index contributed by atoms with van der Waals surface area (Å²) < 4.78 is 5.92. The Hall–Kier alpha value is -2.86. The van der Waals surface area contributed by atoms with Crippen molar-refractivity contribution in [2.24, 2.45) is 5.92 Å². The van der Waals surface area contributed by atoms with Crippen LogP contribution < -0.4 is 15.0 Å². The van der Waals surface area contributed by atoms with Gasteiger partial charge in [0.15, 0.2) is 0 Å². The maximum atomic E-state index is 13.5. The maximum Gasteiger partial charge on any atom is 0.320 e. The van der Waals surface area contributed by atoms with Crippen molar-refractivity contribution in [3.8, 4) is 5.75 Å². The first-order chi connectivity index (χ1) is 14.8. The van der Waals surface area contributed by atoms with Crippen molar-refractivity contribution in [3.63, 3.8) is 0 Å². The average molecular weight is 425 g/mol. The highest BCUT2D eigenvalue weighted by atomic mass is 16.5. The third-order valence-electron chi connectivity index (χ3n) is 5.52. The molecule has 0 radical (unpaired) electrons. The van der Waals surface area contributed by atoms with Crippen molar-refractivity contribution in [1.82, 2.24) is 5.32 Å². The highest BCUT2D eigenvalue weighted by molar-refractivity contribution is 5.99. The number of nitrogens with zero attached hydrogens (tertiary/aromatic N) is 1. The van der Waals surface area contributed by atoms with E-state index in [1.54, 1.807) is 4.90 Å². The molecule has 0 aromatic heterocycles. The van der Waals surface area contributed by atoms with Gasteiger partial charge in [0.1, 0.15) is 24.4 Å². The molecule has 0 fully saturated rings. The van der Waals surface area contributed by atoms with Crippen LogP contribution in [-0.4, -0.2) is 35.7 Å². The summed E-state index contributed by atoms with van der Waals surface area (Å²) >= 11 is 0. The van der Waals surface area contributed by atoms with Gasteiger partial charge >= 0.3 is 5.97 Å². The quantitative estimate of drug-likeness (QED) is 0.664. The van der Waals surface area contributed by atoms with E-state index in [9.17, 15) is 14.7 Å². The maximum absolute atomic E-state index is 13.5. The van der Waals surface area contributed by atoms with Crippen LogP contribution in [0.5, 0.6) is 5.75 Å². The van der Waals surface area contributed by atoms with E-state index in [0.717, 1.165) is 5.56 Å². The van der Waals surface area contributed by atoms with E-state index < -0.39 is 18.1 Å². The number of rotatable bonds is 8. The van der Waals surface area contributed by atoms with Gasteiger partial charge in [0.25, 0.3) is 0 Å². The van der Waals surface area contributed by atoms with Crippen molar-refractivity contribution >= 4 is 17.6 Å². The number of fused-ring (bicyclic) bond motifs is 1. The summed E-state index contributed by atoms with van der Waals surface area (Å²) in [6.45, 7) is 8.69. The van der Waals surface area contributed by atoms with Gasteiger partial charge in [-0.2, -0.15) is 0 Å². The third-order valence-corrected chi connectivity index (χ3v) is 5.52. The second-order valence-electron chi connectivity index (χ2n) is 8.84. The Balaban J connectivity index is 1.88. The first kappa shape index (κ1) is 22.8. The van der Waals surface area contributed by atoms with Crippen LogP contribution in [0.4, 0.5) is 5.69 Å². The summed E-state index contributed by atoms with van der Waals surface area (Å²) in [4.78, 5) is 27.0. The van der Waals surface area contributed by atoms with E-state index in [0.29, 0.717) is 30.3 Å². The van der Waals surface area contributed by atoms with Gasteiger partial charge in [-0.3, -0.25) is 14.9 Å². The zero-order valence-electron chi connectivity index (χ0n) is 18.7. The second-order valence-corrected chi connectivity index (χ2v) is 8.84. The Morgan fingerprint density at radius 1 is 1.13 bits per heavy atom. The molecule has 31 heavy (non-hydrogen) atoms. The number of benzene rings is 2. The molecule has 166 valence electrons. The van der Waals surface area contributed by atoms with Crippen LogP contribution >= 0.6 is 0 Å². The number of nitrogens with one attached hydrogen (secondary N) is 1. The Kier molecular flexibility index (Phi) is 7.33. The Morgan fingerprint density at radius 3 is 2.42 bits per heavy atom. The van der Waals surface area contributed by atoms with Gasteiger partial charge in [0.05, 0.1) is 12.2 Å². The summed E-state index contributed by atoms with van der Waals surface area (Å²) in [5, 5.41) is 12.7. The molecule has 2 atom stereocenters. The van der Waals surface area contributed by atoms with Gasteiger partial charge < -0.3 is 14.7 Å². The Morgan fingerprint density at radius 2 is 1.81 bits per heavy atom. The summed E-state index contributed by atoms with van der Waals surface area (Å²) in [5.41, 5.74) is 2.94. The highest BCUT2D eigenvalue weighted by Gasteiger charge is 2.34. The predicted octanol–water partition coefficient (Wildman–Crippen LogP) is 4.19. The zero-order chi connectivity index (χ0) is 22.5. The van der Waals surface area contributed by atoms with Crippen molar-refractivity contribution in [2.75, 3.05) is 11.5 Å². The number of ether oxygens (including phenoxy) is 1. The molecule has 6 heteroatoms. The Bertz CT molecular complexity index is 908. The van der Waals surface area contributed by atoms with E-state index in [2.05, 4.69) is 31.3 Å². The number of aliphatic carboxylic acids is 1. The molecule has 6 nitrogen and oxygen atoms in total. The SMILES string of the molecule is CC(C)C[C@@H](NC1COc2ccccc2N(Cc2ccc(C(C)C)cc2)C1=O)C(=O)O. The fourth-order valence-electron chi connectivity index (χ4n) is 3.78. The number of carbonyl (C=O) groups excluding carboxylic acids is 1. The minimum Gasteiger partial charge on any atom is -0.489 e. The fraction of sp³-hybridized carbons (Fsp3) is 0.440. The monoisotopic (exact) mass is 424 g/mol. The molecule has 2 aromatic rings. The van der Waals surface area contributed by atoms with Gasteiger partial charge in [0.2, 0.25) is 5.91 Å². The van der Waals surface area contributed by atoms with Gasteiger partial charge in [0, 0.05) is 0 Å². The standard InChI is InChI=1S/C25H32N2O4/c1-16(2)13-20(25(29)30)26-21-15-31-23-8-6-5-7-22(23)27(24(21)28)14-18-9-11-19(12-10-18)17(3)4/h5-12,16-17,20-21,26H,13-15H2,1-4H3,(H,29,30)/t20-,21?/m1/s1. The molecule has 1 aliphatic heterocycles. The summed E-state index contributed by atoms with van der Waals surface area (Å²) in [6, 6.07) is 14.1. The van der Waals surface area contributed by atoms with Gasteiger partial charge in [-0.25, -0.2) is 0 Å². The van der Waals surface area contributed by atoms with Crippen molar-refractivity contribution in [3.05, 3.63) is 59.7 Å². The molecule has 1 heterocycles. The topological polar surface area (TPSA) is 78.9 Å². The number of carboxylic acid groups (broad SMARTS) is 1. The molecule has 1 aliphatic rings. The number of hydrogen-bond acceptors (Lipinski definition) is 4. The minimum absolute atomic E-state index is 0.0838. The highest BCUT2D eigenvalue weighted by Crippen LogP contribution is 2.32. The smallest absolute Gasteiger partial charge is 0.320 e. The largest absolute Gasteiger partial charge is 0.489 e. The minimum atomic E-state index is -0.959. The van der Waals surface area contributed by atoms with Crippen molar-refractivity contribution in [2.45, 2.75) is 58.7 Å². The van der Waals surface area contributed by atoms with Gasteiger partial charge in [-0.15, -0.1) is 0 Å². The average Bonchev–Trinajstić information content (AvgIpc) is 2.85. The molecule has 0 spiro atoms. The van der Waals surface area contributed by atoms with E-state index in [4.69, 9.17) is 4.74 Å². The van der Waals surface area contributed by atoms with Crippen LogP contribution in [0.3, 0.4) is 0 Å². The first-order valence-electron chi connectivity index (χ1n) is 10.9. The molecule has 0 bridgehead atoms. The fourth-order valence-corrected chi connectivity index (χ4v) is 3.78. The van der Waals surface area contributed by atoms with Crippen LogP contribution in [0.2, 0.25) is 0 Å². The molecular formula is C25H32N2O4. The number of anilines is 1. The van der Waals surface area contributed by atoms with E-state index in [1.807, 2.05) is 50.2 Å². The summed E-state index contributed by atoms with van der Waals surface area (Å²) in [7, 11) is 0. The lowest BCUT2D eigenvalue weighted by atomic mass is 10.0. The third kappa shape index (κ3) is 5.64. The lowest BCUT2D eigenvalue weighted by Gasteiger charge is -2.27. The molecular weight excluding hydrogens is 392 g/mol. The van der Waals surface area contributed by atoms with E-state index >= 15 is 0 Å². The number of para-hydroxylation sites is 2. The van der Waals surface area contributed by atoms with Gasteiger partial charge in [-0.1, -0.05) is 64.1 Å². The molecule has 1 amide bonds. The van der Waals surface area contributed by atoms with Crippen molar-refractivity contribution < 1.29 is 19.4 Å². The molecule has 2 aromatic carbocycles. The number of carbonyl (C=O) groups is 2. The predicted molar refractivity (Wildman–Crippen MR) is 121 cm³/mol. The molecule has 1 unspecified atom stereocenters. The molecule has 0 aliphatic carbocycles. The van der Waals surface area contributed by atoms with Crippen LogP contribution in [0.15, 0.2) is 48.5 Å². The van der Waals surface area contributed by atoms with E-state index in [-0.39, 0.29) is 18.4 Å². The van der Waals surface area contributed by atoms with Gasteiger partial charge in [-0.05, 0) is 41.5 Å². The van der Waals surface area contributed by atoms with Crippen LogP contribution in [0.1, 0.15) is 51.2 Å². The molecule has 2 N–H and O–H groups in total. The molecule has 3 rings (SSSR count). The molecule has 0 saturated heterocycles. The zero-order valence-corrected chi connectivity index (χ0v) is 18.7. The number of amides is 1.